The van der Waals surface area contributed by atoms with Crippen LogP contribution in [0.3, 0.4) is 0 Å². The van der Waals surface area contributed by atoms with Crippen LogP contribution >= 0.6 is 0 Å². The van der Waals surface area contributed by atoms with Gasteiger partial charge in [-0.25, -0.2) is 4.98 Å². The maximum atomic E-state index is 5.75. The number of piperidine rings is 1. The van der Waals surface area contributed by atoms with Crippen LogP contribution in [0.5, 0.6) is 5.75 Å². The summed E-state index contributed by atoms with van der Waals surface area (Å²) in [7, 11) is 1.69. The van der Waals surface area contributed by atoms with E-state index in [-0.39, 0.29) is 0 Å². The van der Waals surface area contributed by atoms with Gasteiger partial charge in [-0.05, 0) is 81.7 Å². The molecule has 0 bridgehead atoms. The number of ether oxygens (including phenoxy) is 1. The maximum Gasteiger partial charge on any atom is 0.118 e. The molecule has 1 aliphatic heterocycles. The van der Waals surface area contributed by atoms with Crippen molar-refractivity contribution >= 4 is 16.6 Å². The van der Waals surface area contributed by atoms with Crippen molar-refractivity contribution < 1.29 is 4.74 Å². The van der Waals surface area contributed by atoms with Crippen LogP contribution in [0.2, 0.25) is 0 Å². The molecule has 0 radical (unpaired) electrons. The lowest BCUT2D eigenvalue weighted by molar-refractivity contribution is 0.142. The average Bonchev–Trinajstić information content (AvgIpc) is 2.83. The van der Waals surface area contributed by atoms with E-state index in [4.69, 9.17) is 15.5 Å². The van der Waals surface area contributed by atoms with Crippen molar-refractivity contribution in [2.75, 3.05) is 38.6 Å². The van der Waals surface area contributed by atoms with Gasteiger partial charge in [0.05, 0.1) is 18.3 Å². The summed E-state index contributed by atoms with van der Waals surface area (Å²) < 4.78 is 5.30. The standard InChI is InChI=1S/C26H34N4O/c1-31-22-12-10-20(11-13-22)25-19-26(23-8-2-3-9-24(23)29-25)28-16-14-21-7-4-5-17-30(21)18-6-15-27/h2-3,8-13,19,21H,4-7,14-18,27H2,1H3,(H,28,29). The van der Waals surface area contributed by atoms with Crippen molar-refractivity contribution in [2.45, 2.75) is 38.1 Å². The molecule has 0 aliphatic carbocycles. The number of hydrogen-bond donors (Lipinski definition) is 2. The molecule has 5 heteroatoms. The molecule has 5 nitrogen and oxygen atoms in total. The van der Waals surface area contributed by atoms with E-state index >= 15 is 0 Å². The number of rotatable bonds is 9. The predicted octanol–water partition coefficient (Wildman–Crippen LogP) is 4.92. The lowest BCUT2D eigenvalue weighted by atomic mass is 9.99. The molecule has 1 unspecified atom stereocenters. The first-order valence-corrected chi connectivity index (χ1v) is 11.5. The Kier molecular flexibility index (Phi) is 7.39. The number of hydrogen-bond acceptors (Lipinski definition) is 5. The molecule has 1 atom stereocenters. The van der Waals surface area contributed by atoms with Crippen molar-refractivity contribution in [3.05, 3.63) is 54.6 Å². The maximum absolute atomic E-state index is 5.75. The lowest BCUT2D eigenvalue weighted by Crippen LogP contribution is -2.41. The number of nitrogens with zero attached hydrogens (tertiary/aromatic N) is 2. The SMILES string of the molecule is COc1ccc(-c2cc(NCCC3CCCCN3CCCN)c3ccccc3n2)cc1. The van der Waals surface area contributed by atoms with Crippen molar-refractivity contribution in [2.24, 2.45) is 5.73 Å². The zero-order valence-corrected chi connectivity index (χ0v) is 18.5. The largest absolute Gasteiger partial charge is 0.497 e. The number of likely N-dealkylation sites (tertiary alicyclic amines) is 1. The number of aromatic nitrogens is 1. The van der Waals surface area contributed by atoms with Gasteiger partial charge in [0.1, 0.15) is 5.75 Å². The second-order valence-corrected chi connectivity index (χ2v) is 8.34. The zero-order chi connectivity index (χ0) is 21.5. The van der Waals surface area contributed by atoms with E-state index in [0.29, 0.717) is 6.04 Å². The van der Waals surface area contributed by atoms with Crippen molar-refractivity contribution in [3.8, 4) is 17.0 Å². The van der Waals surface area contributed by atoms with Gasteiger partial charge in [0.2, 0.25) is 0 Å². The molecular weight excluding hydrogens is 384 g/mol. The fourth-order valence-corrected chi connectivity index (χ4v) is 4.58. The smallest absolute Gasteiger partial charge is 0.118 e. The van der Waals surface area contributed by atoms with Gasteiger partial charge in [0.15, 0.2) is 0 Å². The van der Waals surface area contributed by atoms with Crippen LogP contribution in [0.15, 0.2) is 54.6 Å². The highest BCUT2D eigenvalue weighted by Gasteiger charge is 2.21. The monoisotopic (exact) mass is 418 g/mol. The Hall–Kier alpha value is -2.63. The van der Waals surface area contributed by atoms with Crippen molar-refractivity contribution in [1.82, 2.24) is 9.88 Å². The summed E-state index contributed by atoms with van der Waals surface area (Å²) in [5, 5.41) is 4.90. The van der Waals surface area contributed by atoms with E-state index in [0.717, 1.165) is 60.7 Å². The summed E-state index contributed by atoms with van der Waals surface area (Å²) >= 11 is 0. The number of para-hydroxylation sites is 1. The number of fused-ring (bicyclic) bond motifs is 1. The first-order valence-electron chi connectivity index (χ1n) is 11.5. The van der Waals surface area contributed by atoms with Crippen LogP contribution in [0, 0.1) is 0 Å². The molecule has 3 N–H and O–H groups in total. The lowest BCUT2D eigenvalue weighted by Gasteiger charge is -2.36. The van der Waals surface area contributed by atoms with Crippen LogP contribution in [0.1, 0.15) is 32.1 Å². The number of anilines is 1. The third kappa shape index (κ3) is 5.35. The van der Waals surface area contributed by atoms with Gasteiger partial charge < -0.3 is 20.7 Å². The molecule has 0 spiro atoms. The second-order valence-electron chi connectivity index (χ2n) is 8.34. The summed E-state index contributed by atoms with van der Waals surface area (Å²) in [6, 6.07) is 19.3. The molecule has 1 saturated heterocycles. The predicted molar refractivity (Wildman–Crippen MR) is 130 cm³/mol. The first-order chi connectivity index (χ1) is 15.3. The molecule has 164 valence electrons. The van der Waals surface area contributed by atoms with E-state index in [1.807, 2.05) is 18.2 Å². The molecule has 1 aromatic heterocycles. The number of nitrogens with two attached hydrogens (primary N) is 1. The molecule has 3 aromatic rings. The Morgan fingerprint density at radius 2 is 1.97 bits per heavy atom. The summed E-state index contributed by atoms with van der Waals surface area (Å²) in [6.07, 6.45) is 6.18. The number of methoxy groups -OCH3 is 1. The third-order valence-corrected chi connectivity index (χ3v) is 6.29. The van der Waals surface area contributed by atoms with Gasteiger partial charge in [-0.15, -0.1) is 0 Å². The molecule has 0 amide bonds. The highest BCUT2D eigenvalue weighted by atomic mass is 16.5. The Morgan fingerprint density at radius 3 is 2.77 bits per heavy atom. The Bertz CT molecular complexity index is 973. The highest BCUT2D eigenvalue weighted by Crippen LogP contribution is 2.29. The summed E-state index contributed by atoms with van der Waals surface area (Å²) in [4.78, 5) is 7.55. The molecular formula is C26H34N4O. The van der Waals surface area contributed by atoms with Gasteiger partial charge in [-0.3, -0.25) is 0 Å². The minimum absolute atomic E-state index is 0.655. The normalized spacial score (nSPS) is 17.0. The third-order valence-electron chi connectivity index (χ3n) is 6.29. The fourth-order valence-electron chi connectivity index (χ4n) is 4.58. The highest BCUT2D eigenvalue weighted by molar-refractivity contribution is 5.93. The molecule has 1 aliphatic rings. The fraction of sp³-hybridized carbons (Fsp3) is 0.423. The van der Waals surface area contributed by atoms with Gasteiger partial charge >= 0.3 is 0 Å². The van der Waals surface area contributed by atoms with Crippen LogP contribution in [0.4, 0.5) is 5.69 Å². The summed E-state index contributed by atoms with van der Waals surface area (Å²) in [5.41, 5.74) is 9.98. The van der Waals surface area contributed by atoms with E-state index in [9.17, 15) is 0 Å². The van der Waals surface area contributed by atoms with E-state index in [1.165, 1.54) is 31.2 Å². The van der Waals surface area contributed by atoms with Crippen molar-refractivity contribution in [1.29, 1.82) is 0 Å². The van der Waals surface area contributed by atoms with Crippen LogP contribution in [-0.2, 0) is 0 Å². The van der Waals surface area contributed by atoms with E-state index < -0.39 is 0 Å². The number of pyridine rings is 1. The van der Waals surface area contributed by atoms with Gasteiger partial charge in [-0.2, -0.15) is 0 Å². The van der Waals surface area contributed by atoms with Crippen LogP contribution < -0.4 is 15.8 Å². The van der Waals surface area contributed by atoms with Gasteiger partial charge in [0, 0.05) is 29.2 Å². The summed E-state index contributed by atoms with van der Waals surface area (Å²) in [6.45, 7) is 4.07. The van der Waals surface area contributed by atoms with Gasteiger partial charge in [-0.1, -0.05) is 24.6 Å². The molecule has 4 rings (SSSR count). The first kappa shape index (κ1) is 21.6. The molecule has 31 heavy (non-hydrogen) atoms. The molecule has 2 aromatic carbocycles. The average molecular weight is 419 g/mol. The van der Waals surface area contributed by atoms with E-state index in [1.54, 1.807) is 7.11 Å². The zero-order valence-electron chi connectivity index (χ0n) is 18.5. The van der Waals surface area contributed by atoms with Crippen LogP contribution in [-0.4, -0.2) is 49.2 Å². The topological polar surface area (TPSA) is 63.4 Å². The second kappa shape index (κ2) is 10.6. The van der Waals surface area contributed by atoms with E-state index in [2.05, 4.69) is 46.6 Å². The van der Waals surface area contributed by atoms with Gasteiger partial charge in [0.25, 0.3) is 0 Å². The molecule has 0 saturated carbocycles. The Morgan fingerprint density at radius 1 is 1.13 bits per heavy atom. The van der Waals surface area contributed by atoms with Crippen LogP contribution in [0.25, 0.3) is 22.2 Å². The number of nitrogens with one attached hydrogen (secondary N) is 1. The molecule has 2 heterocycles. The summed E-state index contributed by atoms with van der Waals surface area (Å²) in [5.74, 6) is 0.856. The quantitative estimate of drug-likeness (QED) is 0.517. The Labute approximate surface area is 185 Å². The minimum Gasteiger partial charge on any atom is -0.497 e. The minimum atomic E-state index is 0.655. The Balaban J connectivity index is 1.51. The number of benzene rings is 2. The molecule has 1 fully saturated rings. The van der Waals surface area contributed by atoms with Crippen molar-refractivity contribution in [3.63, 3.8) is 0 Å².